The van der Waals surface area contributed by atoms with Gasteiger partial charge in [-0.25, -0.2) is 0 Å². The fourth-order valence-electron chi connectivity index (χ4n) is 1.59. The molecule has 0 spiro atoms. The molecule has 90 valence electrons. The average Bonchev–Trinajstić information content (AvgIpc) is 2.71. The van der Waals surface area contributed by atoms with Crippen molar-refractivity contribution in [2.45, 2.75) is 25.8 Å². The third-order valence-electron chi connectivity index (χ3n) is 2.53. The molecule has 16 heavy (non-hydrogen) atoms. The van der Waals surface area contributed by atoms with Crippen LogP contribution >= 0.6 is 0 Å². The SMILES string of the molecule is CCN(CC(=O)OC)C(=O)C1CCC(=O)N1. The monoisotopic (exact) mass is 228 g/mol. The van der Waals surface area contributed by atoms with E-state index in [1.54, 1.807) is 6.92 Å². The highest BCUT2D eigenvalue weighted by atomic mass is 16.5. The van der Waals surface area contributed by atoms with Gasteiger partial charge >= 0.3 is 5.97 Å². The Balaban J connectivity index is 2.55. The number of hydrogen-bond donors (Lipinski definition) is 1. The molecule has 2 amide bonds. The molecule has 1 N–H and O–H groups in total. The predicted octanol–water partition coefficient (Wildman–Crippen LogP) is -0.713. The first-order valence-electron chi connectivity index (χ1n) is 5.23. The summed E-state index contributed by atoms with van der Waals surface area (Å²) < 4.78 is 4.50. The first kappa shape index (κ1) is 12.5. The molecule has 1 atom stereocenters. The quantitative estimate of drug-likeness (QED) is 0.645. The number of amides is 2. The average molecular weight is 228 g/mol. The number of nitrogens with zero attached hydrogens (tertiary/aromatic N) is 1. The van der Waals surface area contributed by atoms with Crippen molar-refractivity contribution in [1.82, 2.24) is 10.2 Å². The van der Waals surface area contributed by atoms with Crippen molar-refractivity contribution < 1.29 is 19.1 Å². The molecule has 0 radical (unpaired) electrons. The Hall–Kier alpha value is -1.59. The third kappa shape index (κ3) is 2.95. The maximum absolute atomic E-state index is 11.9. The van der Waals surface area contributed by atoms with E-state index in [4.69, 9.17) is 0 Å². The zero-order chi connectivity index (χ0) is 12.1. The van der Waals surface area contributed by atoms with Crippen LogP contribution in [0, 0.1) is 0 Å². The lowest BCUT2D eigenvalue weighted by Gasteiger charge is -2.22. The number of likely N-dealkylation sites (N-methyl/N-ethyl adjacent to an activating group) is 1. The number of hydrogen-bond acceptors (Lipinski definition) is 4. The largest absolute Gasteiger partial charge is 0.468 e. The van der Waals surface area contributed by atoms with Gasteiger partial charge in [-0.1, -0.05) is 0 Å². The number of carbonyl (C=O) groups is 3. The summed E-state index contributed by atoms with van der Waals surface area (Å²) in [6.45, 7) is 2.12. The van der Waals surface area contributed by atoms with Crippen LogP contribution < -0.4 is 5.32 Å². The topological polar surface area (TPSA) is 75.7 Å². The zero-order valence-electron chi connectivity index (χ0n) is 9.49. The molecule has 1 rings (SSSR count). The third-order valence-corrected chi connectivity index (χ3v) is 2.53. The molecule has 1 unspecified atom stereocenters. The molecule has 1 aliphatic rings. The Morgan fingerprint density at radius 2 is 2.25 bits per heavy atom. The van der Waals surface area contributed by atoms with Crippen LogP contribution in [0.4, 0.5) is 0 Å². The lowest BCUT2D eigenvalue weighted by atomic mass is 10.2. The van der Waals surface area contributed by atoms with Gasteiger partial charge in [-0.3, -0.25) is 14.4 Å². The minimum Gasteiger partial charge on any atom is -0.468 e. The number of nitrogens with one attached hydrogen (secondary N) is 1. The van der Waals surface area contributed by atoms with Crippen LogP contribution in [0.15, 0.2) is 0 Å². The van der Waals surface area contributed by atoms with Gasteiger partial charge in [-0.15, -0.1) is 0 Å². The van der Waals surface area contributed by atoms with Gasteiger partial charge in [0.15, 0.2) is 0 Å². The van der Waals surface area contributed by atoms with Gasteiger partial charge in [0.1, 0.15) is 12.6 Å². The van der Waals surface area contributed by atoms with Crippen molar-refractivity contribution in [3.8, 4) is 0 Å². The van der Waals surface area contributed by atoms with Gasteiger partial charge in [0.25, 0.3) is 0 Å². The van der Waals surface area contributed by atoms with Crippen molar-refractivity contribution in [2.24, 2.45) is 0 Å². The molecular formula is C10H16N2O4. The number of rotatable bonds is 4. The maximum atomic E-state index is 11.9. The second-order valence-corrected chi connectivity index (χ2v) is 3.59. The smallest absolute Gasteiger partial charge is 0.325 e. The highest BCUT2D eigenvalue weighted by Crippen LogP contribution is 2.09. The van der Waals surface area contributed by atoms with Crippen LogP contribution in [0.2, 0.25) is 0 Å². The van der Waals surface area contributed by atoms with Crippen LogP contribution in [0.25, 0.3) is 0 Å². The van der Waals surface area contributed by atoms with Gasteiger partial charge < -0.3 is 15.0 Å². The molecule has 1 aliphatic heterocycles. The Morgan fingerprint density at radius 1 is 1.56 bits per heavy atom. The Kier molecular flexibility index (Phi) is 4.28. The maximum Gasteiger partial charge on any atom is 0.325 e. The predicted molar refractivity (Wildman–Crippen MR) is 55.4 cm³/mol. The fraction of sp³-hybridized carbons (Fsp3) is 0.700. The Morgan fingerprint density at radius 3 is 2.69 bits per heavy atom. The Labute approximate surface area is 93.9 Å². The van der Waals surface area contributed by atoms with Gasteiger partial charge in [0.05, 0.1) is 7.11 Å². The number of carbonyl (C=O) groups excluding carboxylic acids is 3. The molecule has 6 nitrogen and oxygen atoms in total. The standard InChI is InChI=1S/C10H16N2O4/c1-3-12(6-9(14)16-2)10(15)7-4-5-8(13)11-7/h7H,3-6H2,1-2H3,(H,11,13). The van der Waals surface area contributed by atoms with E-state index in [1.165, 1.54) is 12.0 Å². The molecule has 1 heterocycles. The van der Waals surface area contributed by atoms with Crippen LogP contribution in [-0.4, -0.2) is 48.9 Å². The molecule has 6 heteroatoms. The molecule has 1 saturated heterocycles. The van der Waals surface area contributed by atoms with Crippen molar-refractivity contribution in [1.29, 1.82) is 0 Å². The second-order valence-electron chi connectivity index (χ2n) is 3.59. The molecule has 0 saturated carbocycles. The van der Waals surface area contributed by atoms with E-state index in [9.17, 15) is 14.4 Å². The van der Waals surface area contributed by atoms with E-state index < -0.39 is 12.0 Å². The molecule has 0 aromatic carbocycles. The first-order valence-corrected chi connectivity index (χ1v) is 5.23. The molecule has 0 aromatic rings. The lowest BCUT2D eigenvalue weighted by molar-refractivity contribution is -0.147. The summed E-state index contributed by atoms with van der Waals surface area (Å²) in [6.07, 6.45) is 0.863. The summed E-state index contributed by atoms with van der Waals surface area (Å²) in [4.78, 5) is 35.3. The number of methoxy groups -OCH3 is 1. The van der Waals surface area contributed by atoms with Gasteiger partial charge in [-0.2, -0.15) is 0 Å². The molecule has 1 fully saturated rings. The van der Waals surface area contributed by atoms with E-state index in [0.717, 1.165) is 0 Å². The van der Waals surface area contributed by atoms with E-state index in [0.29, 0.717) is 19.4 Å². The summed E-state index contributed by atoms with van der Waals surface area (Å²) in [6, 6.07) is -0.489. The van der Waals surface area contributed by atoms with Crippen LogP contribution in [0.5, 0.6) is 0 Å². The zero-order valence-corrected chi connectivity index (χ0v) is 9.49. The van der Waals surface area contributed by atoms with Gasteiger partial charge in [0.2, 0.25) is 11.8 Å². The minimum atomic E-state index is -0.489. The summed E-state index contributed by atoms with van der Waals surface area (Å²) in [5.74, 6) is -0.800. The van der Waals surface area contributed by atoms with E-state index in [1.807, 2.05) is 0 Å². The van der Waals surface area contributed by atoms with E-state index >= 15 is 0 Å². The van der Waals surface area contributed by atoms with Crippen LogP contribution in [0.3, 0.4) is 0 Å². The molecule has 0 aromatic heterocycles. The van der Waals surface area contributed by atoms with E-state index in [-0.39, 0.29) is 18.4 Å². The minimum absolute atomic E-state index is 0.0712. The number of ether oxygens (including phenoxy) is 1. The molecule has 0 bridgehead atoms. The van der Waals surface area contributed by atoms with E-state index in [2.05, 4.69) is 10.1 Å². The van der Waals surface area contributed by atoms with Crippen molar-refractivity contribution in [2.75, 3.05) is 20.2 Å². The summed E-state index contributed by atoms with van der Waals surface area (Å²) in [5.41, 5.74) is 0. The molecule has 0 aliphatic carbocycles. The van der Waals surface area contributed by atoms with Crippen LogP contribution in [-0.2, 0) is 19.1 Å². The van der Waals surface area contributed by atoms with Crippen molar-refractivity contribution in [3.63, 3.8) is 0 Å². The lowest BCUT2D eigenvalue weighted by Crippen LogP contribution is -2.46. The first-order chi connectivity index (χ1) is 7.58. The summed E-state index contributed by atoms with van der Waals surface area (Å²) in [5, 5.41) is 2.58. The summed E-state index contributed by atoms with van der Waals surface area (Å²) in [7, 11) is 1.28. The van der Waals surface area contributed by atoms with Crippen molar-refractivity contribution >= 4 is 17.8 Å². The fourth-order valence-corrected chi connectivity index (χ4v) is 1.59. The molecular weight excluding hydrogens is 212 g/mol. The second kappa shape index (κ2) is 5.48. The van der Waals surface area contributed by atoms with Gasteiger partial charge in [0, 0.05) is 13.0 Å². The van der Waals surface area contributed by atoms with Gasteiger partial charge in [-0.05, 0) is 13.3 Å². The highest BCUT2D eigenvalue weighted by Gasteiger charge is 2.30. The van der Waals surface area contributed by atoms with Crippen molar-refractivity contribution in [3.05, 3.63) is 0 Å². The Bertz CT molecular complexity index is 303. The number of esters is 1. The highest BCUT2D eigenvalue weighted by molar-refractivity contribution is 5.92. The van der Waals surface area contributed by atoms with Crippen LogP contribution in [0.1, 0.15) is 19.8 Å². The normalized spacial score (nSPS) is 19.1. The summed E-state index contributed by atoms with van der Waals surface area (Å²) >= 11 is 0.